The Labute approximate surface area is 192 Å². The van der Waals surface area contributed by atoms with Crippen LogP contribution in [0.2, 0.25) is 18.1 Å². The van der Waals surface area contributed by atoms with Crippen LogP contribution in [-0.2, 0) is 20.6 Å². The van der Waals surface area contributed by atoms with Crippen molar-refractivity contribution < 1.29 is 18.7 Å². The van der Waals surface area contributed by atoms with Crippen LogP contribution in [-0.4, -0.2) is 52.1 Å². The van der Waals surface area contributed by atoms with Crippen molar-refractivity contribution in [3.05, 3.63) is 48.0 Å². The van der Waals surface area contributed by atoms with Crippen molar-refractivity contribution in [2.75, 3.05) is 37.1 Å². The molecule has 2 aromatic rings. The highest BCUT2D eigenvalue weighted by Crippen LogP contribution is 2.37. The van der Waals surface area contributed by atoms with Crippen LogP contribution in [0.4, 0.5) is 11.5 Å². The summed E-state index contributed by atoms with van der Waals surface area (Å²) in [5.41, 5.74) is 1.88. The van der Waals surface area contributed by atoms with Gasteiger partial charge in [0, 0.05) is 6.07 Å². The molecule has 1 aromatic carbocycles. The number of methoxy groups -OCH3 is 1. The zero-order valence-electron chi connectivity index (χ0n) is 20.0. The summed E-state index contributed by atoms with van der Waals surface area (Å²) in [6.45, 7) is 12.4. The highest BCUT2D eigenvalue weighted by molar-refractivity contribution is 6.74. The van der Waals surface area contributed by atoms with Gasteiger partial charge in [0.15, 0.2) is 14.1 Å². The molecule has 174 valence electrons. The van der Waals surface area contributed by atoms with Gasteiger partial charge in [-0.25, -0.2) is 0 Å². The molecule has 1 aromatic heterocycles. The molecule has 0 saturated carbocycles. The second-order valence-electron chi connectivity index (χ2n) is 9.57. The molecular formula is C24H35N3O4Si. The summed E-state index contributed by atoms with van der Waals surface area (Å²) in [5.74, 6) is 0.942. The predicted molar refractivity (Wildman–Crippen MR) is 130 cm³/mol. The van der Waals surface area contributed by atoms with Crippen molar-refractivity contribution in [1.29, 1.82) is 0 Å². The van der Waals surface area contributed by atoms with E-state index in [-0.39, 0.29) is 23.5 Å². The highest BCUT2D eigenvalue weighted by atomic mass is 28.4. The lowest BCUT2D eigenvalue weighted by atomic mass is 10.2. The summed E-state index contributed by atoms with van der Waals surface area (Å²) in [6, 6.07) is 13.4. The van der Waals surface area contributed by atoms with Crippen molar-refractivity contribution in [3.8, 4) is 5.88 Å². The van der Waals surface area contributed by atoms with Crippen molar-refractivity contribution in [2.45, 2.75) is 51.6 Å². The van der Waals surface area contributed by atoms with Crippen LogP contribution >= 0.6 is 0 Å². The van der Waals surface area contributed by atoms with Gasteiger partial charge in [-0.1, -0.05) is 51.1 Å². The molecule has 7 nitrogen and oxygen atoms in total. The maximum Gasteiger partial charge on any atom is 0.247 e. The number of rotatable bonds is 9. The van der Waals surface area contributed by atoms with E-state index in [2.05, 4.69) is 44.2 Å². The van der Waals surface area contributed by atoms with E-state index in [1.807, 2.05) is 36.4 Å². The molecule has 1 atom stereocenters. The lowest BCUT2D eigenvalue weighted by molar-refractivity contribution is -0.118. The van der Waals surface area contributed by atoms with E-state index < -0.39 is 8.32 Å². The minimum atomic E-state index is -2.02. The Morgan fingerprint density at radius 2 is 1.84 bits per heavy atom. The first kappa shape index (κ1) is 24.2. The molecule has 0 radical (unpaired) electrons. The van der Waals surface area contributed by atoms with Gasteiger partial charge in [-0.15, -0.1) is 0 Å². The minimum Gasteiger partial charge on any atom is -0.481 e. The fourth-order valence-corrected chi connectivity index (χ4v) is 4.26. The first-order valence-corrected chi connectivity index (χ1v) is 13.9. The average Bonchev–Trinajstić information content (AvgIpc) is 2.76. The Balaban J connectivity index is 1.85. The van der Waals surface area contributed by atoms with Gasteiger partial charge in [0.2, 0.25) is 11.8 Å². The van der Waals surface area contributed by atoms with Crippen LogP contribution in [0.3, 0.4) is 0 Å². The zero-order chi connectivity index (χ0) is 23.4. The van der Waals surface area contributed by atoms with Crippen molar-refractivity contribution in [2.24, 2.45) is 0 Å². The number of carbonyl (C=O) groups excluding carboxylic acids is 1. The van der Waals surface area contributed by atoms with E-state index >= 15 is 0 Å². The van der Waals surface area contributed by atoms with Gasteiger partial charge < -0.3 is 19.2 Å². The van der Waals surface area contributed by atoms with Crippen LogP contribution in [0, 0.1) is 0 Å². The number of pyridine rings is 1. The summed E-state index contributed by atoms with van der Waals surface area (Å²) < 4.78 is 17.9. The van der Waals surface area contributed by atoms with E-state index in [1.54, 1.807) is 18.1 Å². The van der Waals surface area contributed by atoms with Gasteiger partial charge in [-0.05, 0) is 29.8 Å². The largest absolute Gasteiger partial charge is 0.481 e. The molecule has 8 heteroatoms. The van der Waals surface area contributed by atoms with Crippen molar-refractivity contribution in [3.63, 3.8) is 0 Å². The third-order valence-corrected chi connectivity index (χ3v) is 10.7. The molecule has 1 N–H and O–H groups in total. The Kier molecular flexibility index (Phi) is 7.58. The Bertz CT molecular complexity index is 915. The quantitative estimate of drug-likeness (QED) is 0.561. The van der Waals surface area contributed by atoms with Gasteiger partial charge >= 0.3 is 0 Å². The van der Waals surface area contributed by atoms with Crippen LogP contribution < -0.4 is 15.0 Å². The third kappa shape index (κ3) is 5.68. The molecule has 2 heterocycles. The molecular weight excluding hydrogens is 422 g/mol. The van der Waals surface area contributed by atoms with Crippen LogP contribution in [0.1, 0.15) is 26.3 Å². The molecule has 1 aliphatic rings. The summed E-state index contributed by atoms with van der Waals surface area (Å²) >= 11 is 0. The molecule has 1 amide bonds. The molecule has 0 aliphatic carbocycles. The summed E-state index contributed by atoms with van der Waals surface area (Å²) in [7, 11) is -0.452. The number of hydrogen-bond donors (Lipinski definition) is 1. The zero-order valence-corrected chi connectivity index (χ0v) is 21.0. The van der Waals surface area contributed by atoms with E-state index in [0.29, 0.717) is 31.5 Å². The molecule has 0 saturated heterocycles. The Hall–Kier alpha value is -2.42. The second-order valence-corrected chi connectivity index (χ2v) is 14.4. The minimum absolute atomic E-state index is 0.0644. The van der Waals surface area contributed by atoms with Crippen molar-refractivity contribution >= 4 is 25.7 Å². The monoisotopic (exact) mass is 457 g/mol. The number of aromatic nitrogens is 1. The van der Waals surface area contributed by atoms with Gasteiger partial charge in [0.05, 0.1) is 45.2 Å². The molecule has 0 fully saturated rings. The number of nitrogens with one attached hydrogen (secondary N) is 1. The number of ether oxygens (including phenoxy) is 2. The smallest absolute Gasteiger partial charge is 0.247 e. The predicted octanol–water partition coefficient (Wildman–Crippen LogP) is 4.46. The molecule has 3 rings (SSSR count). The average molecular weight is 458 g/mol. The van der Waals surface area contributed by atoms with Gasteiger partial charge in [0.25, 0.3) is 0 Å². The fourth-order valence-electron chi connectivity index (χ4n) is 3.22. The van der Waals surface area contributed by atoms with Gasteiger partial charge in [0.1, 0.15) is 0 Å². The standard InChI is InChI=1S/C24H35N3O4Si/c1-24(2,3)32(5,6)31-17-19(16-30-15-18-10-8-7-9-11-18)27-22(28)14-25-20-12-13-21(29-4)26-23(20)27/h7-13,19,25H,14-17H2,1-6H3. The van der Waals surface area contributed by atoms with E-state index in [0.717, 1.165) is 11.3 Å². The third-order valence-electron chi connectivity index (χ3n) is 6.22. The number of benzene rings is 1. The lowest BCUT2D eigenvalue weighted by Gasteiger charge is -2.40. The van der Waals surface area contributed by atoms with E-state index in [1.165, 1.54) is 0 Å². The molecule has 1 unspecified atom stereocenters. The summed E-state index contributed by atoms with van der Waals surface area (Å²) in [5, 5.41) is 3.21. The van der Waals surface area contributed by atoms with Crippen LogP contribution in [0.5, 0.6) is 5.88 Å². The first-order chi connectivity index (χ1) is 15.1. The van der Waals surface area contributed by atoms with Crippen LogP contribution in [0.25, 0.3) is 0 Å². The molecule has 32 heavy (non-hydrogen) atoms. The molecule has 0 spiro atoms. The van der Waals surface area contributed by atoms with Crippen molar-refractivity contribution in [1.82, 2.24) is 4.98 Å². The van der Waals surface area contributed by atoms with Gasteiger partial charge in [-0.2, -0.15) is 4.98 Å². The lowest BCUT2D eigenvalue weighted by Crippen LogP contribution is -2.53. The SMILES string of the molecule is COc1ccc2c(n1)N(C(COCc1ccccc1)CO[Si](C)(C)C(C)(C)C)C(=O)CN2. The van der Waals surface area contributed by atoms with E-state index in [4.69, 9.17) is 13.9 Å². The topological polar surface area (TPSA) is 72.9 Å². The Morgan fingerprint density at radius 3 is 2.50 bits per heavy atom. The maximum absolute atomic E-state index is 13.0. The number of hydrogen-bond acceptors (Lipinski definition) is 6. The number of fused-ring (bicyclic) bond motifs is 1. The first-order valence-electron chi connectivity index (χ1n) is 11.0. The van der Waals surface area contributed by atoms with E-state index in [9.17, 15) is 4.79 Å². The molecule has 0 bridgehead atoms. The number of carbonyl (C=O) groups is 1. The Morgan fingerprint density at radius 1 is 1.12 bits per heavy atom. The summed E-state index contributed by atoms with van der Waals surface area (Å²) in [4.78, 5) is 19.3. The van der Waals surface area contributed by atoms with Gasteiger partial charge in [-0.3, -0.25) is 9.69 Å². The molecule has 1 aliphatic heterocycles. The normalized spacial score (nSPS) is 15.2. The maximum atomic E-state index is 13.0. The number of anilines is 2. The number of amides is 1. The number of nitrogens with zero attached hydrogens (tertiary/aromatic N) is 2. The second kappa shape index (κ2) is 10.0. The summed E-state index contributed by atoms with van der Waals surface area (Å²) in [6.07, 6.45) is 0. The fraction of sp³-hybridized carbons (Fsp3) is 0.500. The van der Waals surface area contributed by atoms with Crippen LogP contribution in [0.15, 0.2) is 42.5 Å². The highest BCUT2D eigenvalue weighted by Gasteiger charge is 2.39.